The molecule has 0 aromatic heterocycles. The van der Waals surface area contributed by atoms with E-state index < -0.39 is 0 Å². The summed E-state index contributed by atoms with van der Waals surface area (Å²) < 4.78 is 0. The molecule has 2 aliphatic rings. The Morgan fingerprint density at radius 2 is 1.75 bits per heavy atom. The average Bonchev–Trinajstić information content (AvgIpc) is 3.09. The van der Waals surface area contributed by atoms with Crippen LogP contribution in [0.1, 0.15) is 38.5 Å². The second kappa shape index (κ2) is 11.6. The second-order valence-electron chi connectivity index (χ2n) is 5.65. The summed E-state index contributed by atoms with van der Waals surface area (Å²) in [5.74, 6) is 0. The van der Waals surface area contributed by atoms with Gasteiger partial charge in [-0.2, -0.15) is 0 Å². The summed E-state index contributed by atoms with van der Waals surface area (Å²) in [5, 5.41) is 0. The van der Waals surface area contributed by atoms with Gasteiger partial charge in [-0.3, -0.25) is 15.0 Å². The van der Waals surface area contributed by atoms with Gasteiger partial charge >= 0.3 is 33.3 Å². The normalized spacial score (nSPS) is 18.6. The average molecular weight is 406 g/mol. The summed E-state index contributed by atoms with van der Waals surface area (Å²) in [6.45, 7) is 0. The Bertz CT molecular complexity index is 606. The van der Waals surface area contributed by atoms with Crippen molar-refractivity contribution in [2.24, 2.45) is 15.0 Å². The molecule has 0 N–H and O–H groups in total. The van der Waals surface area contributed by atoms with Crippen LogP contribution in [0.25, 0.3) is 0 Å². The summed E-state index contributed by atoms with van der Waals surface area (Å²) in [7, 11) is 9.53. The van der Waals surface area contributed by atoms with Crippen LogP contribution in [0.15, 0.2) is 57.1 Å². The second-order valence-corrected chi connectivity index (χ2v) is 7.47. The molecule has 1 aliphatic carbocycles. The Morgan fingerprint density at radius 1 is 1.04 bits per heavy atom. The third kappa shape index (κ3) is 7.31. The van der Waals surface area contributed by atoms with Crippen LogP contribution >= 0.6 is 20.2 Å². The quantitative estimate of drug-likeness (QED) is 0.441. The van der Waals surface area contributed by atoms with Crippen molar-refractivity contribution in [1.29, 1.82) is 0 Å². The minimum absolute atomic E-state index is 0.194. The van der Waals surface area contributed by atoms with E-state index in [1.807, 2.05) is 42.8 Å². The molecular weight excluding hydrogens is 385 g/mol. The Labute approximate surface area is 158 Å². The minimum atomic E-state index is 0.194. The first-order chi connectivity index (χ1) is 11.8. The first-order valence-electron chi connectivity index (χ1n) is 8.07. The van der Waals surface area contributed by atoms with E-state index in [9.17, 15) is 0 Å². The van der Waals surface area contributed by atoms with Gasteiger partial charge in [-0.1, -0.05) is 43.5 Å². The molecule has 1 heterocycles. The van der Waals surface area contributed by atoms with Gasteiger partial charge in [0.25, 0.3) is 0 Å². The Balaban J connectivity index is 0.000000647. The number of aliphatic imine (C=N–C) groups is 3. The van der Waals surface area contributed by atoms with Gasteiger partial charge in [0.05, 0.1) is 23.3 Å². The molecule has 0 radical (unpaired) electrons. The van der Waals surface area contributed by atoms with Crippen LogP contribution in [0.5, 0.6) is 0 Å². The molecule has 0 atom stereocenters. The predicted molar refractivity (Wildman–Crippen MR) is 102 cm³/mol. The Morgan fingerprint density at radius 3 is 2.46 bits per heavy atom. The standard InChI is InChI=1S/C18H21N3.2ClH.Fe/c1-3-7-15(8-4-1)19-13-17-11-12-18(21-17)14-20-16-9-5-2-6-10-16;;;/h1,3-4,7-8,11,13-14,16H,2,5-6,9-10,12H2;2*1H;/q;;;+2/p-2. The molecule has 1 aliphatic heterocycles. The van der Waals surface area contributed by atoms with E-state index in [1.165, 1.54) is 32.1 Å². The van der Waals surface area contributed by atoms with Crippen LogP contribution in [0.4, 0.5) is 5.69 Å². The zero-order chi connectivity index (χ0) is 17.0. The van der Waals surface area contributed by atoms with E-state index in [4.69, 9.17) is 20.2 Å². The number of halogens is 2. The van der Waals surface area contributed by atoms with Gasteiger partial charge < -0.3 is 0 Å². The van der Waals surface area contributed by atoms with Crippen LogP contribution in [-0.2, 0) is 13.1 Å². The summed E-state index contributed by atoms with van der Waals surface area (Å²) in [4.78, 5) is 13.7. The zero-order valence-electron chi connectivity index (χ0n) is 13.4. The summed E-state index contributed by atoms with van der Waals surface area (Å²) >= 11 is 0.194. The zero-order valence-corrected chi connectivity index (χ0v) is 16.0. The molecule has 1 aromatic carbocycles. The number of rotatable bonds is 4. The first-order valence-corrected chi connectivity index (χ1v) is 11.1. The molecule has 6 heteroatoms. The van der Waals surface area contributed by atoms with E-state index in [-0.39, 0.29) is 13.1 Å². The molecule has 130 valence electrons. The molecule has 0 saturated heterocycles. The number of hydrogen-bond donors (Lipinski definition) is 0. The Kier molecular flexibility index (Phi) is 9.37. The molecule has 24 heavy (non-hydrogen) atoms. The van der Waals surface area contributed by atoms with Gasteiger partial charge in [0.2, 0.25) is 0 Å². The molecule has 1 saturated carbocycles. The van der Waals surface area contributed by atoms with Crippen LogP contribution in [0, 0.1) is 0 Å². The van der Waals surface area contributed by atoms with Crippen molar-refractivity contribution in [2.45, 2.75) is 44.6 Å². The SMILES string of the molecule is C(=Nc1ccccc1)C1=CCC(C=NC2CCCCC2)=N1.[Cl][Fe][Cl]. The van der Waals surface area contributed by atoms with E-state index in [1.54, 1.807) is 0 Å². The Hall–Kier alpha value is -0.931. The molecule has 0 unspecified atom stereocenters. The van der Waals surface area contributed by atoms with Crippen LogP contribution in [0.3, 0.4) is 0 Å². The maximum atomic E-state index is 4.76. The van der Waals surface area contributed by atoms with Crippen molar-refractivity contribution >= 4 is 44.0 Å². The van der Waals surface area contributed by atoms with Crippen molar-refractivity contribution in [3.05, 3.63) is 42.1 Å². The molecule has 1 aromatic rings. The van der Waals surface area contributed by atoms with Gasteiger partial charge in [0, 0.05) is 18.7 Å². The monoisotopic (exact) mass is 405 g/mol. The van der Waals surface area contributed by atoms with Crippen molar-refractivity contribution in [3.8, 4) is 0 Å². The van der Waals surface area contributed by atoms with E-state index in [0.717, 1.165) is 23.5 Å². The fraction of sp³-hybridized carbons (Fsp3) is 0.389. The fourth-order valence-electron chi connectivity index (χ4n) is 2.71. The van der Waals surface area contributed by atoms with Crippen LogP contribution < -0.4 is 0 Å². The van der Waals surface area contributed by atoms with Crippen LogP contribution in [-0.4, -0.2) is 24.2 Å². The number of hydrogen-bond acceptors (Lipinski definition) is 3. The fourth-order valence-corrected chi connectivity index (χ4v) is 2.71. The molecular formula is C18H21Cl2FeN3. The molecule has 0 spiro atoms. The first kappa shape index (κ1) is 19.4. The van der Waals surface area contributed by atoms with Gasteiger partial charge in [0.1, 0.15) is 0 Å². The van der Waals surface area contributed by atoms with Crippen molar-refractivity contribution in [3.63, 3.8) is 0 Å². The number of para-hydroxylation sites is 1. The van der Waals surface area contributed by atoms with Gasteiger partial charge in [-0.05, 0) is 25.0 Å². The van der Waals surface area contributed by atoms with Gasteiger partial charge in [-0.25, -0.2) is 0 Å². The predicted octanol–water partition coefficient (Wildman–Crippen LogP) is 5.90. The van der Waals surface area contributed by atoms with E-state index in [0.29, 0.717) is 6.04 Å². The number of allylic oxidation sites excluding steroid dienone is 2. The topological polar surface area (TPSA) is 37.1 Å². The summed E-state index contributed by atoms with van der Waals surface area (Å²) in [5.41, 5.74) is 2.94. The number of benzene rings is 1. The number of nitrogens with zero attached hydrogens (tertiary/aromatic N) is 3. The van der Waals surface area contributed by atoms with Crippen molar-refractivity contribution in [1.82, 2.24) is 0 Å². The van der Waals surface area contributed by atoms with Crippen molar-refractivity contribution in [2.75, 3.05) is 0 Å². The van der Waals surface area contributed by atoms with Gasteiger partial charge in [-0.15, -0.1) is 0 Å². The third-order valence-corrected chi connectivity index (χ3v) is 3.90. The molecule has 0 amide bonds. The van der Waals surface area contributed by atoms with Crippen molar-refractivity contribution < 1.29 is 13.1 Å². The molecule has 3 nitrogen and oxygen atoms in total. The van der Waals surface area contributed by atoms with E-state index in [2.05, 4.69) is 21.1 Å². The summed E-state index contributed by atoms with van der Waals surface area (Å²) in [6.07, 6.45) is 13.3. The molecule has 3 rings (SSSR count). The third-order valence-electron chi connectivity index (χ3n) is 3.90. The van der Waals surface area contributed by atoms with Gasteiger partial charge in [0.15, 0.2) is 0 Å². The summed E-state index contributed by atoms with van der Waals surface area (Å²) in [6, 6.07) is 10.5. The van der Waals surface area contributed by atoms with Crippen LogP contribution in [0.2, 0.25) is 0 Å². The maximum absolute atomic E-state index is 4.76. The molecule has 1 fully saturated rings. The van der Waals surface area contributed by atoms with E-state index >= 15 is 0 Å². The molecule has 0 bridgehead atoms.